The zero-order valence-corrected chi connectivity index (χ0v) is 29.3. The lowest BCUT2D eigenvalue weighted by atomic mass is 10.0. The van der Waals surface area contributed by atoms with Crippen LogP contribution in [0.2, 0.25) is 0 Å². The first-order valence-corrected chi connectivity index (χ1v) is 16.7. The molecular weight excluding hydrogens is 641 g/mol. The molecule has 3 heterocycles. The summed E-state index contributed by atoms with van der Waals surface area (Å²) >= 11 is 0. The smallest absolute Gasteiger partial charge is 0.350 e. The van der Waals surface area contributed by atoms with Gasteiger partial charge in [-0.25, -0.2) is 4.98 Å². The fraction of sp³-hybridized carbons (Fsp3) is 0.342. The molecule has 0 bridgehead atoms. The summed E-state index contributed by atoms with van der Waals surface area (Å²) in [4.78, 5) is 21.9. The number of anilines is 3. The van der Waals surface area contributed by atoms with Gasteiger partial charge < -0.3 is 20.4 Å². The van der Waals surface area contributed by atoms with Crippen molar-refractivity contribution in [1.82, 2.24) is 29.0 Å². The Morgan fingerprint density at radius 2 is 1.78 bits per heavy atom. The van der Waals surface area contributed by atoms with Gasteiger partial charge in [0, 0.05) is 54.9 Å². The monoisotopic (exact) mass is 684 g/mol. The number of carbonyl (C=O) groups is 1. The van der Waals surface area contributed by atoms with Crippen molar-refractivity contribution in [1.29, 1.82) is 0 Å². The molecule has 50 heavy (non-hydrogen) atoms. The fourth-order valence-corrected chi connectivity index (χ4v) is 5.55. The van der Waals surface area contributed by atoms with Crippen molar-refractivity contribution in [2.75, 3.05) is 43.9 Å². The van der Waals surface area contributed by atoms with Gasteiger partial charge in [0.05, 0.1) is 29.3 Å². The highest BCUT2D eigenvalue weighted by atomic mass is 19.4. The summed E-state index contributed by atoms with van der Waals surface area (Å²) in [5.74, 6) is 5.78. The Balaban J connectivity index is 1.32. The van der Waals surface area contributed by atoms with Crippen molar-refractivity contribution in [3.8, 4) is 11.8 Å². The molecule has 0 aliphatic heterocycles. The zero-order valence-electron chi connectivity index (χ0n) is 29.3. The van der Waals surface area contributed by atoms with E-state index in [9.17, 15) is 18.0 Å². The van der Waals surface area contributed by atoms with Gasteiger partial charge in [0.15, 0.2) is 5.65 Å². The molecule has 9 nitrogen and oxygen atoms in total. The minimum atomic E-state index is -4.58. The third kappa shape index (κ3) is 8.72. The minimum absolute atomic E-state index is 0.0665. The number of benzene rings is 2. The lowest BCUT2D eigenvalue weighted by molar-refractivity contribution is -0.138. The zero-order chi connectivity index (χ0) is 36.0. The number of alkyl halides is 3. The standard InChI is InChI=1S/C38H43F3N8O/c1-7-47(8-2)19-18-46(6)24-30-13-15-31(21-34(30)38(39,40)41)45-37(50)29-12-11-27(5)28(20-29)14-16-33-23-42-36-35(10-9-17-48(33)36)44-32-22-43-49(25-32)26(3)4/h9-13,15,17,20-23,25-26,44H,7-8,18-19,24H2,1-6H3,(H,45,50). The second-order valence-electron chi connectivity index (χ2n) is 12.6. The largest absolute Gasteiger partial charge is 0.416 e. The van der Waals surface area contributed by atoms with Gasteiger partial charge in [-0.1, -0.05) is 31.9 Å². The van der Waals surface area contributed by atoms with E-state index in [1.54, 1.807) is 30.6 Å². The molecule has 0 saturated carbocycles. The first-order valence-electron chi connectivity index (χ1n) is 16.7. The summed E-state index contributed by atoms with van der Waals surface area (Å²) in [5.41, 5.74) is 4.17. The number of rotatable bonds is 12. The maximum absolute atomic E-state index is 14.1. The number of imidazole rings is 1. The lowest BCUT2D eigenvalue weighted by Crippen LogP contribution is -2.33. The fourth-order valence-electron chi connectivity index (χ4n) is 5.55. The van der Waals surface area contributed by atoms with Crippen LogP contribution in [0.15, 0.2) is 73.3 Å². The van der Waals surface area contributed by atoms with Crippen LogP contribution in [-0.2, 0) is 12.7 Å². The van der Waals surface area contributed by atoms with Crippen molar-refractivity contribution in [3.63, 3.8) is 0 Å². The number of amides is 1. The number of halogens is 3. The summed E-state index contributed by atoms with van der Waals surface area (Å²) < 4.78 is 46.2. The molecule has 1 amide bonds. The lowest BCUT2D eigenvalue weighted by Gasteiger charge is -2.24. The van der Waals surface area contributed by atoms with E-state index in [0.717, 1.165) is 42.6 Å². The van der Waals surface area contributed by atoms with Crippen LogP contribution in [-0.4, -0.2) is 68.1 Å². The molecule has 0 unspecified atom stereocenters. The molecule has 0 fully saturated rings. The Morgan fingerprint density at radius 1 is 1.00 bits per heavy atom. The van der Waals surface area contributed by atoms with Crippen molar-refractivity contribution < 1.29 is 18.0 Å². The molecule has 0 aliphatic rings. The summed E-state index contributed by atoms with van der Waals surface area (Å²) in [5, 5.41) is 10.4. The van der Waals surface area contributed by atoms with Crippen LogP contribution in [0.3, 0.4) is 0 Å². The first kappa shape index (κ1) is 36.2. The first-order chi connectivity index (χ1) is 23.9. The average Bonchev–Trinajstić information content (AvgIpc) is 3.73. The van der Waals surface area contributed by atoms with Gasteiger partial charge in [0.1, 0.15) is 5.69 Å². The summed E-state index contributed by atoms with van der Waals surface area (Å²) in [6, 6.07) is 13.1. The third-order valence-corrected chi connectivity index (χ3v) is 8.58. The van der Waals surface area contributed by atoms with Crippen LogP contribution in [0.25, 0.3) is 5.65 Å². The molecule has 12 heteroatoms. The van der Waals surface area contributed by atoms with Crippen LogP contribution in [0.1, 0.15) is 72.0 Å². The second-order valence-corrected chi connectivity index (χ2v) is 12.6. The molecule has 0 radical (unpaired) electrons. The number of pyridine rings is 1. The van der Waals surface area contributed by atoms with Gasteiger partial charge in [-0.2, -0.15) is 18.3 Å². The number of carbonyl (C=O) groups excluding carboxylic acids is 1. The highest BCUT2D eigenvalue weighted by Crippen LogP contribution is 2.34. The van der Waals surface area contributed by atoms with Gasteiger partial charge in [-0.3, -0.25) is 13.9 Å². The maximum Gasteiger partial charge on any atom is 0.416 e. The van der Waals surface area contributed by atoms with Crippen molar-refractivity contribution in [2.24, 2.45) is 0 Å². The van der Waals surface area contributed by atoms with E-state index >= 15 is 0 Å². The number of aromatic nitrogens is 4. The second kappa shape index (κ2) is 15.6. The summed E-state index contributed by atoms with van der Waals surface area (Å²) in [6.45, 7) is 13.4. The minimum Gasteiger partial charge on any atom is -0.350 e. The van der Waals surface area contributed by atoms with E-state index < -0.39 is 17.6 Å². The molecule has 5 rings (SSSR count). The molecule has 2 N–H and O–H groups in total. The molecule has 0 saturated heterocycles. The molecule has 3 aromatic heterocycles. The van der Waals surface area contributed by atoms with Crippen LogP contribution < -0.4 is 10.6 Å². The SMILES string of the molecule is CCN(CC)CCN(C)Cc1ccc(NC(=O)c2ccc(C)c(C#Cc3cnc4c(Nc5cnn(C(C)C)c5)cccn34)c2)cc1C(F)(F)F. The quantitative estimate of drug-likeness (QED) is 0.132. The van der Waals surface area contributed by atoms with E-state index in [-0.39, 0.29) is 29.4 Å². The highest BCUT2D eigenvalue weighted by Gasteiger charge is 2.34. The number of nitrogens with one attached hydrogen (secondary N) is 2. The number of hydrogen-bond donors (Lipinski definition) is 2. The Bertz CT molecular complexity index is 2010. The molecule has 0 aliphatic carbocycles. The Labute approximate surface area is 291 Å². The molecule has 5 aromatic rings. The molecular formula is C38H43F3N8O. The predicted molar refractivity (Wildman–Crippen MR) is 192 cm³/mol. The van der Waals surface area contributed by atoms with E-state index in [0.29, 0.717) is 23.4 Å². The number of aryl methyl sites for hydroxylation is 1. The highest BCUT2D eigenvalue weighted by molar-refractivity contribution is 6.04. The molecule has 262 valence electrons. The van der Waals surface area contributed by atoms with Gasteiger partial charge >= 0.3 is 6.18 Å². The van der Waals surface area contributed by atoms with E-state index in [2.05, 4.69) is 65.2 Å². The Kier molecular flexibility index (Phi) is 11.3. The normalized spacial score (nSPS) is 11.8. The van der Waals surface area contributed by atoms with E-state index in [1.807, 2.05) is 52.5 Å². The van der Waals surface area contributed by atoms with Crippen molar-refractivity contribution in [3.05, 3.63) is 107 Å². The van der Waals surface area contributed by atoms with E-state index in [4.69, 9.17) is 0 Å². The van der Waals surface area contributed by atoms with Crippen LogP contribution >= 0.6 is 0 Å². The predicted octanol–water partition coefficient (Wildman–Crippen LogP) is 7.61. The topological polar surface area (TPSA) is 82.7 Å². The number of hydrogen-bond acceptors (Lipinski definition) is 6. The van der Waals surface area contributed by atoms with Gasteiger partial charge in [-0.05, 0) is 94.4 Å². The molecule has 2 aromatic carbocycles. The van der Waals surface area contributed by atoms with Crippen LogP contribution in [0.4, 0.5) is 30.2 Å². The molecule has 0 spiro atoms. The number of nitrogens with zero attached hydrogens (tertiary/aromatic N) is 6. The Morgan fingerprint density at radius 3 is 2.48 bits per heavy atom. The summed E-state index contributed by atoms with van der Waals surface area (Å²) in [6.07, 6.45) is 2.67. The van der Waals surface area contributed by atoms with Gasteiger partial charge in [0.25, 0.3) is 5.91 Å². The van der Waals surface area contributed by atoms with Crippen LogP contribution in [0.5, 0.6) is 0 Å². The Hall–Kier alpha value is -5.12. The third-order valence-electron chi connectivity index (χ3n) is 8.58. The van der Waals surface area contributed by atoms with Gasteiger partial charge in [0.2, 0.25) is 0 Å². The van der Waals surface area contributed by atoms with E-state index in [1.165, 1.54) is 12.1 Å². The van der Waals surface area contributed by atoms with Crippen molar-refractivity contribution in [2.45, 2.75) is 53.4 Å². The average molecular weight is 685 g/mol. The van der Waals surface area contributed by atoms with Crippen LogP contribution in [0, 0.1) is 18.8 Å². The number of fused-ring (bicyclic) bond motifs is 1. The van der Waals surface area contributed by atoms with Crippen molar-refractivity contribution >= 4 is 28.6 Å². The number of likely N-dealkylation sites (N-methyl/N-ethyl adjacent to an activating group) is 2. The molecule has 0 atom stereocenters. The summed E-state index contributed by atoms with van der Waals surface area (Å²) in [7, 11) is 1.81. The van der Waals surface area contributed by atoms with Gasteiger partial charge in [-0.15, -0.1) is 0 Å². The maximum atomic E-state index is 14.1.